The molecule has 26 heavy (non-hydrogen) atoms. The molecule has 146 valence electrons. The van der Waals surface area contributed by atoms with Crippen LogP contribution in [0.1, 0.15) is 12.5 Å². The molecular formula is C17H25F3N4O2. The first-order valence-corrected chi connectivity index (χ1v) is 8.10. The molecule has 0 aliphatic heterocycles. The van der Waals surface area contributed by atoms with Crippen LogP contribution in [0, 0.1) is 0 Å². The fourth-order valence-corrected chi connectivity index (χ4v) is 2.25. The maximum absolute atomic E-state index is 12.4. The van der Waals surface area contributed by atoms with Crippen molar-refractivity contribution in [3.05, 3.63) is 29.8 Å². The summed E-state index contributed by atoms with van der Waals surface area (Å²) >= 11 is 0. The average molecular weight is 374 g/mol. The second-order valence-corrected chi connectivity index (χ2v) is 5.70. The molecule has 1 N–H and O–H groups in total. The minimum atomic E-state index is -4.43. The Kier molecular flexibility index (Phi) is 8.21. The van der Waals surface area contributed by atoms with Gasteiger partial charge < -0.3 is 19.9 Å². The van der Waals surface area contributed by atoms with E-state index in [9.17, 15) is 18.0 Å². The van der Waals surface area contributed by atoms with Crippen LogP contribution < -0.4 is 10.1 Å². The SMILES string of the molecule is CCNC(=NCC(=O)N(C)CC(F)(F)F)N(C)Cc1ccccc1OC. The van der Waals surface area contributed by atoms with Gasteiger partial charge in [0.05, 0.1) is 7.11 Å². The van der Waals surface area contributed by atoms with Crippen molar-refractivity contribution < 1.29 is 22.7 Å². The molecule has 0 saturated carbocycles. The van der Waals surface area contributed by atoms with Gasteiger partial charge in [0, 0.05) is 32.7 Å². The van der Waals surface area contributed by atoms with Crippen LogP contribution >= 0.6 is 0 Å². The average Bonchev–Trinajstić information content (AvgIpc) is 2.57. The van der Waals surface area contributed by atoms with E-state index >= 15 is 0 Å². The van der Waals surface area contributed by atoms with Crippen molar-refractivity contribution in [2.75, 3.05) is 40.8 Å². The molecule has 0 aliphatic carbocycles. The van der Waals surface area contributed by atoms with Crippen molar-refractivity contribution in [1.82, 2.24) is 15.1 Å². The number of aliphatic imine (C=N–C) groups is 1. The lowest BCUT2D eigenvalue weighted by Gasteiger charge is -2.23. The van der Waals surface area contributed by atoms with Crippen molar-refractivity contribution in [2.45, 2.75) is 19.6 Å². The largest absolute Gasteiger partial charge is 0.496 e. The molecule has 1 aromatic carbocycles. The third-order valence-corrected chi connectivity index (χ3v) is 3.50. The number of alkyl halides is 3. The second kappa shape index (κ2) is 9.88. The summed E-state index contributed by atoms with van der Waals surface area (Å²) in [6.07, 6.45) is -4.43. The highest BCUT2D eigenvalue weighted by atomic mass is 19.4. The Labute approximate surface area is 151 Å². The number of hydrogen-bond donors (Lipinski definition) is 1. The second-order valence-electron chi connectivity index (χ2n) is 5.70. The van der Waals surface area contributed by atoms with Gasteiger partial charge in [-0.05, 0) is 13.0 Å². The molecule has 6 nitrogen and oxygen atoms in total. The topological polar surface area (TPSA) is 57.2 Å². The van der Waals surface area contributed by atoms with Gasteiger partial charge >= 0.3 is 6.18 Å². The summed E-state index contributed by atoms with van der Waals surface area (Å²) in [4.78, 5) is 18.4. The van der Waals surface area contributed by atoms with Crippen molar-refractivity contribution in [1.29, 1.82) is 0 Å². The van der Waals surface area contributed by atoms with Crippen molar-refractivity contribution in [3.8, 4) is 5.75 Å². The Morgan fingerprint density at radius 3 is 2.46 bits per heavy atom. The third kappa shape index (κ3) is 7.20. The summed E-state index contributed by atoms with van der Waals surface area (Å²) in [5.74, 6) is 0.437. The maximum atomic E-state index is 12.4. The van der Waals surface area contributed by atoms with E-state index in [1.54, 1.807) is 19.1 Å². The lowest BCUT2D eigenvalue weighted by atomic mass is 10.2. The number of likely N-dealkylation sites (N-methyl/N-ethyl adjacent to an activating group) is 1. The number of para-hydroxylation sites is 1. The highest BCUT2D eigenvalue weighted by Gasteiger charge is 2.31. The molecule has 0 aliphatic rings. The summed E-state index contributed by atoms with van der Waals surface area (Å²) in [6.45, 7) is 1.22. The number of hydrogen-bond acceptors (Lipinski definition) is 3. The van der Waals surface area contributed by atoms with Crippen LogP contribution in [-0.4, -0.2) is 68.7 Å². The number of carbonyl (C=O) groups is 1. The molecule has 1 amide bonds. The van der Waals surface area contributed by atoms with E-state index in [0.717, 1.165) is 18.4 Å². The van der Waals surface area contributed by atoms with Crippen molar-refractivity contribution >= 4 is 11.9 Å². The zero-order valence-electron chi connectivity index (χ0n) is 15.4. The normalized spacial score (nSPS) is 11.9. The number of amides is 1. The fourth-order valence-electron chi connectivity index (χ4n) is 2.25. The first-order chi connectivity index (χ1) is 12.2. The summed E-state index contributed by atoms with van der Waals surface area (Å²) in [6, 6.07) is 7.48. The number of nitrogens with zero attached hydrogens (tertiary/aromatic N) is 3. The standard InChI is InChI=1S/C17H25F3N4O2/c1-5-21-16(22-10-15(25)24(3)12-17(18,19)20)23(2)11-13-8-6-7-9-14(13)26-4/h6-9H,5,10-12H2,1-4H3,(H,21,22). The number of ether oxygens (including phenoxy) is 1. The van der Waals surface area contributed by atoms with Gasteiger partial charge in [-0.3, -0.25) is 4.79 Å². The molecule has 0 unspecified atom stereocenters. The van der Waals surface area contributed by atoms with Gasteiger partial charge in [0.25, 0.3) is 0 Å². The Balaban J connectivity index is 2.80. The predicted molar refractivity (Wildman–Crippen MR) is 94.1 cm³/mol. The van der Waals surface area contributed by atoms with Crippen LogP contribution in [0.4, 0.5) is 13.2 Å². The van der Waals surface area contributed by atoms with E-state index in [-0.39, 0.29) is 6.54 Å². The Bertz CT molecular complexity index is 620. The highest BCUT2D eigenvalue weighted by molar-refractivity contribution is 5.84. The molecule has 0 aromatic heterocycles. The Hall–Kier alpha value is -2.45. The zero-order valence-corrected chi connectivity index (χ0v) is 15.4. The van der Waals surface area contributed by atoms with Gasteiger partial charge in [-0.1, -0.05) is 18.2 Å². The van der Waals surface area contributed by atoms with Crippen LogP contribution in [0.3, 0.4) is 0 Å². The monoisotopic (exact) mass is 374 g/mol. The molecule has 0 saturated heterocycles. The Morgan fingerprint density at radius 1 is 1.23 bits per heavy atom. The zero-order chi connectivity index (χ0) is 19.7. The molecule has 0 bridgehead atoms. The van der Waals surface area contributed by atoms with E-state index < -0.39 is 18.6 Å². The molecule has 0 radical (unpaired) electrons. The number of halogens is 3. The molecular weight excluding hydrogens is 349 g/mol. The minimum absolute atomic E-state index is 0.370. The number of carbonyl (C=O) groups excluding carboxylic acids is 1. The molecule has 1 rings (SSSR count). The smallest absolute Gasteiger partial charge is 0.406 e. The highest BCUT2D eigenvalue weighted by Crippen LogP contribution is 2.19. The maximum Gasteiger partial charge on any atom is 0.406 e. The Morgan fingerprint density at radius 2 is 1.88 bits per heavy atom. The number of guanidine groups is 1. The van der Waals surface area contributed by atoms with E-state index in [2.05, 4.69) is 10.3 Å². The van der Waals surface area contributed by atoms with E-state index in [1.165, 1.54) is 0 Å². The van der Waals surface area contributed by atoms with Crippen molar-refractivity contribution in [2.24, 2.45) is 4.99 Å². The molecule has 0 heterocycles. The van der Waals surface area contributed by atoms with E-state index in [4.69, 9.17) is 4.74 Å². The van der Waals surface area contributed by atoms with Gasteiger partial charge in [0.1, 0.15) is 18.8 Å². The van der Waals surface area contributed by atoms with Gasteiger partial charge in [-0.2, -0.15) is 13.2 Å². The minimum Gasteiger partial charge on any atom is -0.496 e. The summed E-state index contributed by atoms with van der Waals surface area (Å²) in [5.41, 5.74) is 0.920. The summed E-state index contributed by atoms with van der Waals surface area (Å²) < 4.78 is 42.4. The summed E-state index contributed by atoms with van der Waals surface area (Å²) in [7, 11) is 4.46. The summed E-state index contributed by atoms with van der Waals surface area (Å²) in [5, 5.41) is 3.02. The van der Waals surface area contributed by atoms with Crippen LogP contribution in [-0.2, 0) is 11.3 Å². The van der Waals surface area contributed by atoms with Crippen LogP contribution in [0.25, 0.3) is 0 Å². The molecule has 0 atom stereocenters. The van der Waals surface area contributed by atoms with Gasteiger partial charge in [-0.15, -0.1) is 0 Å². The molecule has 9 heteroatoms. The number of methoxy groups -OCH3 is 1. The lowest BCUT2D eigenvalue weighted by molar-refractivity contribution is -0.157. The molecule has 1 aromatic rings. The van der Waals surface area contributed by atoms with Crippen LogP contribution in [0.15, 0.2) is 29.3 Å². The van der Waals surface area contributed by atoms with Crippen LogP contribution in [0.5, 0.6) is 5.75 Å². The van der Waals surface area contributed by atoms with Crippen molar-refractivity contribution in [3.63, 3.8) is 0 Å². The first-order valence-electron chi connectivity index (χ1n) is 8.10. The molecule has 0 fully saturated rings. The van der Waals surface area contributed by atoms with E-state index in [1.807, 2.05) is 31.2 Å². The number of rotatable bonds is 7. The lowest BCUT2D eigenvalue weighted by Crippen LogP contribution is -2.41. The van der Waals surface area contributed by atoms with Crippen LogP contribution in [0.2, 0.25) is 0 Å². The number of nitrogens with one attached hydrogen (secondary N) is 1. The number of benzene rings is 1. The van der Waals surface area contributed by atoms with Gasteiger partial charge in [-0.25, -0.2) is 4.99 Å². The predicted octanol–water partition coefficient (Wildman–Crippen LogP) is 2.11. The van der Waals surface area contributed by atoms with E-state index in [0.29, 0.717) is 23.9 Å². The first kappa shape index (κ1) is 21.6. The quantitative estimate of drug-likeness (QED) is 0.587. The molecule has 0 spiro atoms. The third-order valence-electron chi connectivity index (χ3n) is 3.50. The fraction of sp³-hybridized carbons (Fsp3) is 0.529. The van der Waals surface area contributed by atoms with Gasteiger partial charge in [0.15, 0.2) is 5.96 Å². The van der Waals surface area contributed by atoms with Gasteiger partial charge in [0.2, 0.25) is 5.91 Å².